The Morgan fingerprint density at radius 1 is 1.42 bits per heavy atom. The van der Waals surface area contributed by atoms with Crippen LogP contribution in [0.2, 0.25) is 0 Å². The standard InChI is InChI=1S/C7H14O3.C2H4/c1-5-2-6(9)3-7(4-8)10-5;1-2/h5-9H,2-4H2,1H3;1-2H2/t5?,6-,7+;/m1./s1. The Bertz CT molecular complexity index is 106. The molecule has 72 valence electrons. The molecule has 0 bridgehead atoms. The molecule has 0 aromatic carbocycles. The third kappa shape index (κ3) is 3.85. The van der Waals surface area contributed by atoms with Gasteiger partial charge in [-0.25, -0.2) is 0 Å². The maximum absolute atomic E-state index is 9.19. The van der Waals surface area contributed by atoms with E-state index < -0.39 is 0 Å². The van der Waals surface area contributed by atoms with Gasteiger partial charge in [-0.15, -0.1) is 13.2 Å². The second-order valence-corrected chi connectivity index (χ2v) is 2.88. The zero-order valence-corrected chi connectivity index (χ0v) is 7.57. The first-order valence-corrected chi connectivity index (χ1v) is 4.16. The van der Waals surface area contributed by atoms with Crippen molar-refractivity contribution in [3.8, 4) is 0 Å². The van der Waals surface area contributed by atoms with E-state index in [9.17, 15) is 5.11 Å². The average Bonchev–Trinajstić information content (AvgIpc) is 2.06. The fraction of sp³-hybridized carbons (Fsp3) is 0.778. The van der Waals surface area contributed by atoms with Crippen LogP contribution in [0.15, 0.2) is 13.2 Å². The molecule has 0 aliphatic carbocycles. The Labute approximate surface area is 73.7 Å². The number of hydrogen-bond donors (Lipinski definition) is 2. The second-order valence-electron chi connectivity index (χ2n) is 2.88. The normalized spacial score (nSPS) is 35.1. The van der Waals surface area contributed by atoms with Gasteiger partial charge >= 0.3 is 0 Å². The molecule has 1 rings (SSSR count). The molecule has 12 heavy (non-hydrogen) atoms. The lowest BCUT2D eigenvalue weighted by molar-refractivity contribution is -0.104. The predicted molar refractivity (Wildman–Crippen MR) is 47.9 cm³/mol. The van der Waals surface area contributed by atoms with Crippen LogP contribution in [0.1, 0.15) is 19.8 Å². The first kappa shape index (κ1) is 11.6. The summed E-state index contributed by atoms with van der Waals surface area (Å²) in [4.78, 5) is 0. The molecule has 0 spiro atoms. The van der Waals surface area contributed by atoms with Gasteiger partial charge < -0.3 is 14.9 Å². The van der Waals surface area contributed by atoms with Gasteiger partial charge in [0.05, 0.1) is 24.9 Å². The van der Waals surface area contributed by atoms with Crippen molar-refractivity contribution in [2.24, 2.45) is 0 Å². The van der Waals surface area contributed by atoms with Crippen molar-refractivity contribution >= 4 is 0 Å². The van der Waals surface area contributed by atoms with Gasteiger partial charge in [-0.05, 0) is 13.3 Å². The topological polar surface area (TPSA) is 49.7 Å². The Balaban J connectivity index is 0.000000561. The van der Waals surface area contributed by atoms with Crippen molar-refractivity contribution in [2.75, 3.05) is 6.61 Å². The molecule has 3 atom stereocenters. The monoisotopic (exact) mass is 174 g/mol. The predicted octanol–water partition coefficient (Wildman–Crippen LogP) is 0.709. The van der Waals surface area contributed by atoms with Crippen LogP contribution in [-0.2, 0) is 4.74 Å². The summed E-state index contributed by atoms with van der Waals surface area (Å²) in [5, 5.41) is 17.9. The minimum Gasteiger partial charge on any atom is -0.394 e. The van der Waals surface area contributed by atoms with Crippen molar-refractivity contribution in [3.63, 3.8) is 0 Å². The summed E-state index contributed by atoms with van der Waals surface area (Å²) in [6, 6.07) is 0. The summed E-state index contributed by atoms with van der Waals surface area (Å²) < 4.78 is 5.30. The minimum atomic E-state index is -0.291. The molecule has 0 saturated carbocycles. The highest BCUT2D eigenvalue weighted by Crippen LogP contribution is 2.18. The molecule has 1 saturated heterocycles. The van der Waals surface area contributed by atoms with Crippen molar-refractivity contribution in [1.29, 1.82) is 0 Å². The lowest BCUT2D eigenvalue weighted by Crippen LogP contribution is -2.35. The van der Waals surface area contributed by atoms with Gasteiger partial charge in [0.1, 0.15) is 0 Å². The number of ether oxygens (including phenoxy) is 1. The molecule has 1 aliphatic heterocycles. The molecular formula is C9H18O3. The van der Waals surface area contributed by atoms with Gasteiger partial charge in [-0.3, -0.25) is 0 Å². The van der Waals surface area contributed by atoms with Gasteiger partial charge in [0.15, 0.2) is 0 Å². The zero-order chi connectivity index (χ0) is 9.56. The maximum Gasteiger partial charge on any atom is 0.0833 e. The number of rotatable bonds is 1. The van der Waals surface area contributed by atoms with Gasteiger partial charge in [0, 0.05) is 6.42 Å². The largest absolute Gasteiger partial charge is 0.394 e. The highest BCUT2D eigenvalue weighted by atomic mass is 16.5. The highest BCUT2D eigenvalue weighted by Gasteiger charge is 2.24. The Morgan fingerprint density at radius 2 is 2.00 bits per heavy atom. The molecule has 0 aromatic rings. The van der Waals surface area contributed by atoms with E-state index in [0.29, 0.717) is 12.8 Å². The van der Waals surface area contributed by atoms with E-state index in [1.165, 1.54) is 0 Å². The van der Waals surface area contributed by atoms with Crippen LogP contribution in [0.3, 0.4) is 0 Å². The van der Waals surface area contributed by atoms with Gasteiger partial charge in [-0.2, -0.15) is 0 Å². The first-order chi connectivity index (χ1) is 5.72. The Kier molecular flexibility index (Phi) is 5.98. The van der Waals surface area contributed by atoms with Crippen LogP contribution in [0.4, 0.5) is 0 Å². The Hall–Kier alpha value is -0.380. The maximum atomic E-state index is 9.19. The van der Waals surface area contributed by atoms with Crippen LogP contribution in [-0.4, -0.2) is 35.1 Å². The van der Waals surface area contributed by atoms with E-state index in [1.54, 1.807) is 0 Å². The van der Waals surface area contributed by atoms with E-state index in [2.05, 4.69) is 13.2 Å². The molecule has 1 fully saturated rings. The van der Waals surface area contributed by atoms with Crippen LogP contribution in [0.25, 0.3) is 0 Å². The van der Waals surface area contributed by atoms with E-state index in [4.69, 9.17) is 9.84 Å². The quantitative estimate of drug-likeness (QED) is 0.576. The van der Waals surface area contributed by atoms with Gasteiger partial charge in [0.2, 0.25) is 0 Å². The molecular weight excluding hydrogens is 156 g/mol. The first-order valence-electron chi connectivity index (χ1n) is 4.16. The van der Waals surface area contributed by atoms with Gasteiger partial charge in [-0.1, -0.05) is 0 Å². The van der Waals surface area contributed by atoms with Crippen molar-refractivity contribution in [2.45, 2.75) is 38.1 Å². The van der Waals surface area contributed by atoms with Crippen LogP contribution in [0, 0.1) is 0 Å². The van der Waals surface area contributed by atoms with E-state index in [1.807, 2.05) is 6.92 Å². The van der Waals surface area contributed by atoms with E-state index in [-0.39, 0.29) is 24.9 Å². The summed E-state index contributed by atoms with van der Waals surface area (Å²) in [5.74, 6) is 0. The smallest absolute Gasteiger partial charge is 0.0833 e. The zero-order valence-electron chi connectivity index (χ0n) is 7.57. The lowest BCUT2D eigenvalue weighted by Gasteiger charge is -2.29. The summed E-state index contributed by atoms with van der Waals surface area (Å²) in [6.07, 6.45) is 0.901. The highest BCUT2D eigenvalue weighted by molar-refractivity contribution is 4.73. The van der Waals surface area contributed by atoms with Gasteiger partial charge in [0.25, 0.3) is 0 Å². The van der Waals surface area contributed by atoms with Crippen molar-refractivity contribution in [1.82, 2.24) is 0 Å². The summed E-state index contributed by atoms with van der Waals surface area (Å²) in [7, 11) is 0. The molecule has 2 N–H and O–H groups in total. The third-order valence-electron chi connectivity index (χ3n) is 1.77. The fourth-order valence-electron chi connectivity index (χ4n) is 1.34. The molecule has 0 radical (unpaired) electrons. The van der Waals surface area contributed by atoms with Crippen molar-refractivity contribution in [3.05, 3.63) is 13.2 Å². The summed E-state index contributed by atoms with van der Waals surface area (Å²) >= 11 is 0. The molecule has 1 heterocycles. The number of aliphatic hydroxyl groups excluding tert-OH is 2. The number of hydrogen-bond acceptors (Lipinski definition) is 3. The molecule has 3 heteroatoms. The molecule has 0 amide bonds. The van der Waals surface area contributed by atoms with Crippen LogP contribution < -0.4 is 0 Å². The average molecular weight is 174 g/mol. The summed E-state index contributed by atoms with van der Waals surface area (Å²) in [6.45, 7) is 7.92. The molecule has 3 nitrogen and oxygen atoms in total. The van der Waals surface area contributed by atoms with E-state index in [0.717, 1.165) is 0 Å². The van der Waals surface area contributed by atoms with Crippen LogP contribution >= 0.6 is 0 Å². The Morgan fingerprint density at radius 3 is 2.42 bits per heavy atom. The second kappa shape index (κ2) is 6.17. The fourth-order valence-corrected chi connectivity index (χ4v) is 1.34. The lowest BCUT2D eigenvalue weighted by atomic mass is 10.0. The summed E-state index contributed by atoms with van der Waals surface area (Å²) in [5.41, 5.74) is 0. The molecule has 1 aliphatic rings. The van der Waals surface area contributed by atoms with Crippen LogP contribution in [0.5, 0.6) is 0 Å². The SMILES string of the molecule is C=C.CC1C[C@@H](O)C[C@@H](CO)O1. The van der Waals surface area contributed by atoms with Crippen molar-refractivity contribution < 1.29 is 14.9 Å². The molecule has 0 aromatic heterocycles. The minimum absolute atomic E-state index is 0.0153. The third-order valence-corrected chi connectivity index (χ3v) is 1.77. The van der Waals surface area contributed by atoms with E-state index >= 15 is 0 Å². The molecule has 1 unspecified atom stereocenters. The number of aliphatic hydroxyl groups is 2.